The fraction of sp³-hybridized carbons (Fsp3) is 0.273. The summed E-state index contributed by atoms with van der Waals surface area (Å²) in [6.45, 7) is 4.64. The van der Waals surface area contributed by atoms with Gasteiger partial charge >= 0.3 is 12.0 Å². The third-order valence-electron chi connectivity index (χ3n) is 4.34. The number of hydrogen-bond donors (Lipinski definition) is 2. The molecule has 146 valence electrons. The normalized spacial score (nSPS) is 16.4. The molecule has 6 nitrogen and oxygen atoms in total. The monoisotopic (exact) mass is 380 g/mol. The van der Waals surface area contributed by atoms with Crippen molar-refractivity contribution in [2.45, 2.75) is 19.9 Å². The third kappa shape index (κ3) is 4.17. The highest BCUT2D eigenvalue weighted by molar-refractivity contribution is 6.04. The molecular formula is C22H24N2O4. The first-order valence-corrected chi connectivity index (χ1v) is 9.18. The number of rotatable bonds is 6. The van der Waals surface area contributed by atoms with Crippen LogP contribution in [0.1, 0.15) is 31.0 Å². The van der Waals surface area contributed by atoms with Crippen molar-refractivity contribution in [3.05, 3.63) is 71.3 Å². The molecule has 3 rings (SSSR count). The second kappa shape index (κ2) is 8.61. The number of carbonyl (C=O) groups excluding carboxylic acids is 2. The lowest BCUT2D eigenvalue weighted by molar-refractivity contribution is -0.136. The number of urea groups is 1. The average Bonchev–Trinajstić information content (AvgIpc) is 2.72. The second-order valence-corrected chi connectivity index (χ2v) is 6.92. The maximum atomic E-state index is 12.7. The van der Waals surface area contributed by atoms with Crippen LogP contribution in [-0.2, 0) is 9.53 Å². The second-order valence-electron chi connectivity index (χ2n) is 6.92. The lowest BCUT2D eigenvalue weighted by Gasteiger charge is -2.30. The zero-order valence-electron chi connectivity index (χ0n) is 16.2. The van der Waals surface area contributed by atoms with Gasteiger partial charge in [0.15, 0.2) is 0 Å². The van der Waals surface area contributed by atoms with E-state index in [1.165, 1.54) is 7.11 Å². The SMILES string of the molecule is COC(=O)C1=C(c2ccccc2)NC(=O)NC1c1ccccc1OCC(C)C. The van der Waals surface area contributed by atoms with E-state index in [1.54, 1.807) is 0 Å². The maximum absolute atomic E-state index is 12.7. The molecule has 2 amide bonds. The van der Waals surface area contributed by atoms with E-state index in [4.69, 9.17) is 9.47 Å². The third-order valence-corrected chi connectivity index (χ3v) is 4.34. The Hall–Kier alpha value is -3.28. The number of ether oxygens (including phenoxy) is 2. The minimum atomic E-state index is -0.695. The Morgan fingerprint density at radius 2 is 1.75 bits per heavy atom. The van der Waals surface area contributed by atoms with Crippen molar-refractivity contribution in [1.82, 2.24) is 10.6 Å². The number of benzene rings is 2. The van der Waals surface area contributed by atoms with Gasteiger partial charge in [-0.25, -0.2) is 9.59 Å². The number of carbonyl (C=O) groups is 2. The summed E-state index contributed by atoms with van der Waals surface area (Å²) >= 11 is 0. The molecule has 1 heterocycles. The number of para-hydroxylation sites is 1. The van der Waals surface area contributed by atoms with Gasteiger partial charge < -0.3 is 20.1 Å². The van der Waals surface area contributed by atoms with Crippen LogP contribution in [0.15, 0.2) is 60.2 Å². The Kier molecular flexibility index (Phi) is 5.99. The predicted octanol–water partition coefficient (Wildman–Crippen LogP) is 3.66. The molecule has 2 aromatic rings. The van der Waals surface area contributed by atoms with Crippen LogP contribution in [0.5, 0.6) is 5.75 Å². The van der Waals surface area contributed by atoms with Gasteiger partial charge in [0, 0.05) is 5.56 Å². The molecule has 0 radical (unpaired) electrons. The molecule has 2 aromatic carbocycles. The van der Waals surface area contributed by atoms with E-state index in [2.05, 4.69) is 24.5 Å². The van der Waals surface area contributed by atoms with Crippen LogP contribution in [0, 0.1) is 5.92 Å². The lowest BCUT2D eigenvalue weighted by Crippen LogP contribution is -2.45. The first-order chi connectivity index (χ1) is 13.5. The molecule has 1 atom stereocenters. The summed E-state index contributed by atoms with van der Waals surface area (Å²) in [6.07, 6.45) is 0. The fourth-order valence-electron chi connectivity index (χ4n) is 3.07. The topological polar surface area (TPSA) is 76.7 Å². The highest BCUT2D eigenvalue weighted by Crippen LogP contribution is 2.36. The van der Waals surface area contributed by atoms with E-state index in [0.717, 1.165) is 5.56 Å². The Balaban J connectivity index is 2.14. The molecule has 1 aliphatic heterocycles. The molecule has 0 spiro atoms. The highest BCUT2D eigenvalue weighted by atomic mass is 16.5. The van der Waals surface area contributed by atoms with Crippen LogP contribution in [0.2, 0.25) is 0 Å². The van der Waals surface area contributed by atoms with Gasteiger partial charge in [0.25, 0.3) is 0 Å². The molecule has 28 heavy (non-hydrogen) atoms. The maximum Gasteiger partial charge on any atom is 0.338 e. The molecule has 0 aromatic heterocycles. The summed E-state index contributed by atoms with van der Waals surface area (Å²) in [4.78, 5) is 25.1. The summed E-state index contributed by atoms with van der Waals surface area (Å²) < 4.78 is 11.0. The Bertz CT molecular complexity index is 890. The minimum Gasteiger partial charge on any atom is -0.493 e. The molecule has 0 saturated heterocycles. The van der Waals surface area contributed by atoms with Crippen LogP contribution < -0.4 is 15.4 Å². The predicted molar refractivity (Wildman–Crippen MR) is 107 cm³/mol. The largest absolute Gasteiger partial charge is 0.493 e. The van der Waals surface area contributed by atoms with E-state index in [9.17, 15) is 9.59 Å². The van der Waals surface area contributed by atoms with Gasteiger partial charge in [0.1, 0.15) is 5.75 Å². The van der Waals surface area contributed by atoms with Gasteiger partial charge in [-0.15, -0.1) is 0 Å². The van der Waals surface area contributed by atoms with Gasteiger partial charge in [-0.2, -0.15) is 0 Å². The minimum absolute atomic E-state index is 0.328. The van der Waals surface area contributed by atoms with Crippen LogP contribution in [0.3, 0.4) is 0 Å². The smallest absolute Gasteiger partial charge is 0.338 e. The van der Waals surface area contributed by atoms with Crippen LogP contribution in [-0.4, -0.2) is 25.7 Å². The van der Waals surface area contributed by atoms with Crippen molar-refractivity contribution >= 4 is 17.7 Å². The van der Waals surface area contributed by atoms with E-state index >= 15 is 0 Å². The standard InChI is InChI=1S/C22H24N2O4/c1-14(2)13-28-17-12-8-7-11-16(17)20-18(21(25)27-3)19(23-22(26)24-20)15-9-5-4-6-10-15/h4-12,14,20H,13H2,1-3H3,(H2,23,24,26). The molecular weight excluding hydrogens is 356 g/mol. The van der Waals surface area contributed by atoms with Crippen molar-refractivity contribution in [2.24, 2.45) is 5.92 Å². The summed E-state index contributed by atoms with van der Waals surface area (Å²) in [6, 6.07) is 15.5. The first kappa shape index (κ1) is 19.5. The number of methoxy groups -OCH3 is 1. The summed E-state index contributed by atoms with van der Waals surface area (Å²) in [5.41, 5.74) is 2.18. The molecule has 1 unspecified atom stereocenters. The van der Waals surface area contributed by atoms with Crippen molar-refractivity contribution in [2.75, 3.05) is 13.7 Å². The van der Waals surface area contributed by atoms with Gasteiger partial charge in [-0.05, 0) is 17.5 Å². The lowest BCUT2D eigenvalue weighted by atomic mass is 9.92. The molecule has 6 heteroatoms. The Morgan fingerprint density at radius 1 is 1.07 bits per heavy atom. The molecule has 0 saturated carbocycles. The quantitative estimate of drug-likeness (QED) is 0.750. The summed E-state index contributed by atoms with van der Waals surface area (Å²) in [5.74, 6) is 0.443. The number of hydrogen-bond acceptors (Lipinski definition) is 4. The van der Waals surface area contributed by atoms with Crippen molar-refractivity contribution < 1.29 is 19.1 Å². The first-order valence-electron chi connectivity index (χ1n) is 9.18. The van der Waals surface area contributed by atoms with Gasteiger partial charge in [-0.3, -0.25) is 0 Å². The fourth-order valence-corrected chi connectivity index (χ4v) is 3.07. The van der Waals surface area contributed by atoms with Crippen LogP contribution >= 0.6 is 0 Å². The van der Waals surface area contributed by atoms with E-state index in [1.807, 2.05) is 54.6 Å². The highest BCUT2D eigenvalue weighted by Gasteiger charge is 2.35. The van der Waals surface area contributed by atoms with E-state index < -0.39 is 18.0 Å². The number of amides is 2. The van der Waals surface area contributed by atoms with E-state index in [0.29, 0.717) is 35.1 Å². The van der Waals surface area contributed by atoms with Crippen LogP contribution in [0.25, 0.3) is 5.70 Å². The molecule has 0 bridgehead atoms. The number of nitrogens with one attached hydrogen (secondary N) is 2. The molecule has 0 fully saturated rings. The van der Waals surface area contributed by atoms with Crippen LogP contribution in [0.4, 0.5) is 4.79 Å². The Labute approximate surface area is 164 Å². The summed E-state index contributed by atoms with van der Waals surface area (Å²) in [7, 11) is 1.33. The zero-order chi connectivity index (χ0) is 20.1. The van der Waals surface area contributed by atoms with Gasteiger partial charge in [-0.1, -0.05) is 62.4 Å². The average molecular weight is 380 g/mol. The Morgan fingerprint density at radius 3 is 2.43 bits per heavy atom. The van der Waals surface area contributed by atoms with E-state index in [-0.39, 0.29) is 0 Å². The number of esters is 1. The van der Waals surface area contributed by atoms with Crippen molar-refractivity contribution in [3.8, 4) is 5.75 Å². The van der Waals surface area contributed by atoms with Gasteiger partial charge in [0.2, 0.25) is 0 Å². The van der Waals surface area contributed by atoms with Crippen molar-refractivity contribution in [1.29, 1.82) is 0 Å². The molecule has 2 N–H and O–H groups in total. The molecule has 0 aliphatic carbocycles. The van der Waals surface area contributed by atoms with Crippen molar-refractivity contribution in [3.63, 3.8) is 0 Å². The van der Waals surface area contributed by atoms with Gasteiger partial charge in [0.05, 0.1) is 31.0 Å². The zero-order valence-corrected chi connectivity index (χ0v) is 16.2. The molecule has 1 aliphatic rings. The summed E-state index contributed by atoms with van der Waals surface area (Å²) in [5, 5.41) is 5.59.